The number of carbonyl (C=O) groups is 3. The van der Waals surface area contributed by atoms with Crippen molar-refractivity contribution in [2.24, 2.45) is 23.7 Å². The molecule has 0 N–H and O–H groups in total. The van der Waals surface area contributed by atoms with E-state index in [9.17, 15) is 14.4 Å². The fourth-order valence-corrected chi connectivity index (χ4v) is 5.79. The molecule has 3 aromatic rings. The van der Waals surface area contributed by atoms with Crippen molar-refractivity contribution in [1.82, 2.24) is 0 Å². The molecule has 34 heavy (non-hydrogen) atoms. The number of esters is 1. The van der Waals surface area contributed by atoms with E-state index >= 15 is 0 Å². The number of fused-ring (bicyclic) bond motifs is 5. The molecule has 5 heteroatoms. The number of para-hydroxylation sites is 2. The fourth-order valence-electron chi connectivity index (χ4n) is 5.79. The Labute approximate surface area is 197 Å². The normalized spacial score (nSPS) is 24.7. The van der Waals surface area contributed by atoms with E-state index in [0.29, 0.717) is 5.69 Å². The number of ether oxygens (including phenoxy) is 1. The topological polar surface area (TPSA) is 63.7 Å². The second-order valence-electron chi connectivity index (χ2n) is 9.15. The number of carbonyl (C=O) groups excluding carboxylic acids is 3. The number of nitrogens with zero attached hydrogens (tertiary/aromatic N) is 1. The van der Waals surface area contributed by atoms with E-state index in [4.69, 9.17) is 4.74 Å². The van der Waals surface area contributed by atoms with Crippen LogP contribution in [0.4, 0.5) is 5.69 Å². The highest BCUT2D eigenvalue weighted by atomic mass is 16.5. The third kappa shape index (κ3) is 3.19. The van der Waals surface area contributed by atoms with Gasteiger partial charge in [-0.2, -0.15) is 0 Å². The lowest BCUT2D eigenvalue weighted by Crippen LogP contribution is -2.33. The molecule has 2 amide bonds. The largest absolute Gasteiger partial charge is 0.424 e. The zero-order valence-corrected chi connectivity index (χ0v) is 18.4. The van der Waals surface area contributed by atoms with Gasteiger partial charge in [-0.3, -0.25) is 14.4 Å². The first kappa shape index (κ1) is 20.6. The summed E-state index contributed by atoms with van der Waals surface area (Å²) < 4.78 is 5.92. The summed E-state index contributed by atoms with van der Waals surface area (Å²) in [4.78, 5) is 41.4. The van der Waals surface area contributed by atoms with Gasteiger partial charge in [0.2, 0.25) is 11.8 Å². The Balaban J connectivity index is 1.34. The van der Waals surface area contributed by atoms with Gasteiger partial charge in [0.15, 0.2) is 5.75 Å². The number of rotatable bonds is 5. The number of hydrogen-bond donors (Lipinski definition) is 0. The molecule has 0 aromatic heterocycles. The lowest BCUT2D eigenvalue weighted by atomic mass is 9.85. The number of imide groups is 1. The van der Waals surface area contributed by atoms with E-state index < -0.39 is 11.9 Å². The second-order valence-corrected chi connectivity index (χ2v) is 9.15. The Morgan fingerprint density at radius 3 is 1.79 bits per heavy atom. The Morgan fingerprint density at radius 2 is 1.24 bits per heavy atom. The molecule has 0 spiro atoms. The Kier molecular flexibility index (Phi) is 4.91. The summed E-state index contributed by atoms with van der Waals surface area (Å²) in [6.07, 6.45) is 5.00. The molecular formula is C29H23NO4. The maximum atomic E-state index is 13.5. The van der Waals surface area contributed by atoms with Crippen LogP contribution in [0.1, 0.15) is 23.5 Å². The van der Waals surface area contributed by atoms with E-state index in [-0.39, 0.29) is 41.2 Å². The maximum absolute atomic E-state index is 13.5. The van der Waals surface area contributed by atoms with Crippen molar-refractivity contribution in [3.63, 3.8) is 0 Å². The Bertz CT molecular complexity index is 1230. The van der Waals surface area contributed by atoms with Crippen LogP contribution in [0.5, 0.6) is 5.75 Å². The lowest BCUT2D eigenvalue weighted by Gasteiger charge is -2.22. The first-order valence-corrected chi connectivity index (χ1v) is 11.6. The summed E-state index contributed by atoms with van der Waals surface area (Å²) in [6, 6.07) is 25.7. The van der Waals surface area contributed by atoms with Gasteiger partial charge in [0.1, 0.15) is 5.92 Å². The predicted molar refractivity (Wildman–Crippen MR) is 127 cm³/mol. The van der Waals surface area contributed by atoms with Crippen molar-refractivity contribution in [3.8, 4) is 5.75 Å². The van der Waals surface area contributed by atoms with Crippen molar-refractivity contribution in [1.29, 1.82) is 0 Å². The van der Waals surface area contributed by atoms with Crippen LogP contribution in [0.15, 0.2) is 97.1 Å². The molecule has 2 fully saturated rings. The standard InChI is InChI=1S/C29H23NO4/c31-27-25-20-15-16-21(17-20)26(25)28(32)30(27)22-13-7-8-14-23(22)34-29(33)24(18-9-3-1-4-10-18)19-11-5-2-6-12-19/h1-16,20-21,24-26H,17H2/t20-,21+,25-,26-/m0/s1. The van der Waals surface area contributed by atoms with Gasteiger partial charge in [-0.05, 0) is 41.5 Å². The highest BCUT2D eigenvalue weighted by Gasteiger charge is 2.60. The van der Waals surface area contributed by atoms with Crippen LogP contribution >= 0.6 is 0 Å². The number of allylic oxidation sites excluding steroid dienone is 2. The zero-order chi connectivity index (χ0) is 23.2. The lowest BCUT2D eigenvalue weighted by molar-refractivity contribution is -0.135. The van der Waals surface area contributed by atoms with Crippen molar-refractivity contribution < 1.29 is 19.1 Å². The van der Waals surface area contributed by atoms with Crippen molar-refractivity contribution in [2.45, 2.75) is 12.3 Å². The van der Waals surface area contributed by atoms with Gasteiger partial charge in [-0.15, -0.1) is 0 Å². The summed E-state index contributed by atoms with van der Waals surface area (Å²) in [5.74, 6) is -1.67. The van der Waals surface area contributed by atoms with Gasteiger partial charge in [0.05, 0.1) is 17.5 Å². The molecule has 2 aliphatic carbocycles. The number of amides is 2. The number of anilines is 1. The molecule has 1 saturated carbocycles. The van der Waals surface area contributed by atoms with Crippen LogP contribution in [-0.4, -0.2) is 17.8 Å². The summed E-state index contributed by atoms with van der Waals surface area (Å²) in [5, 5.41) is 0. The molecular weight excluding hydrogens is 426 g/mol. The summed E-state index contributed by atoms with van der Waals surface area (Å²) in [7, 11) is 0. The SMILES string of the molecule is O=C(Oc1ccccc1N1C(=O)[C@@H]2[C@@H](C1=O)[C@H]1C=C[C@@H]2C1)C(c1ccccc1)c1ccccc1. The summed E-state index contributed by atoms with van der Waals surface area (Å²) in [5.41, 5.74) is 1.95. The van der Waals surface area contributed by atoms with Crippen LogP contribution in [-0.2, 0) is 14.4 Å². The Morgan fingerprint density at radius 1 is 0.735 bits per heavy atom. The number of benzene rings is 3. The second kappa shape index (κ2) is 8.10. The molecule has 0 radical (unpaired) electrons. The van der Waals surface area contributed by atoms with Gasteiger partial charge >= 0.3 is 5.97 Å². The molecule has 4 atom stereocenters. The van der Waals surface area contributed by atoms with Crippen LogP contribution in [0.3, 0.4) is 0 Å². The van der Waals surface area contributed by atoms with E-state index in [1.165, 1.54) is 4.90 Å². The first-order chi connectivity index (χ1) is 16.6. The third-order valence-corrected chi connectivity index (χ3v) is 7.29. The molecule has 3 aliphatic rings. The molecule has 6 rings (SSSR count). The van der Waals surface area contributed by atoms with Gasteiger partial charge in [0.25, 0.3) is 0 Å². The smallest absolute Gasteiger partial charge is 0.323 e. The van der Waals surface area contributed by atoms with Crippen LogP contribution in [0, 0.1) is 23.7 Å². The maximum Gasteiger partial charge on any atom is 0.323 e. The third-order valence-electron chi connectivity index (χ3n) is 7.29. The van der Waals surface area contributed by atoms with Crippen molar-refractivity contribution in [3.05, 3.63) is 108 Å². The van der Waals surface area contributed by atoms with Crippen molar-refractivity contribution >= 4 is 23.5 Å². The molecule has 5 nitrogen and oxygen atoms in total. The summed E-state index contributed by atoms with van der Waals surface area (Å²) >= 11 is 0. The van der Waals surface area contributed by atoms with Crippen molar-refractivity contribution in [2.75, 3.05) is 4.90 Å². The number of hydrogen-bond acceptors (Lipinski definition) is 4. The van der Waals surface area contributed by atoms with Crippen LogP contribution in [0.2, 0.25) is 0 Å². The fraction of sp³-hybridized carbons (Fsp3) is 0.207. The quantitative estimate of drug-likeness (QED) is 0.244. The Hall–Kier alpha value is -3.99. The average Bonchev–Trinajstić information content (AvgIpc) is 3.55. The molecule has 168 valence electrons. The minimum absolute atomic E-state index is 0.117. The summed E-state index contributed by atoms with van der Waals surface area (Å²) in [6.45, 7) is 0. The minimum atomic E-state index is -0.639. The van der Waals surface area contributed by atoms with Gasteiger partial charge in [-0.25, -0.2) is 4.90 Å². The predicted octanol–water partition coefficient (Wildman–Crippen LogP) is 4.74. The van der Waals surface area contributed by atoms with Crippen LogP contribution in [0.25, 0.3) is 0 Å². The molecule has 1 aliphatic heterocycles. The molecule has 3 aromatic carbocycles. The monoisotopic (exact) mass is 449 g/mol. The highest BCUT2D eigenvalue weighted by molar-refractivity contribution is 6.23. The van der Waals surface area contributed by atoms with E-state index in [1.54, 1.807) is 24.3 Å². The minimum Gasteiger partial charge on any atom is -0.424 e. The molecule has 1 saturated heterocycles. The average molecular weight is 450 g/mol. The molecule has 1 heterocycles. The van der Waals surface area contributed by atoms with Gasteiger partial charge in [-0.1, -0.05) is 84.9 Å². The van der Waals surface area contributed by atoms with E-state index in [2.05, 4.69) is 12.2 Å². The van der Waals surface area contributed by atoms with Gasteiger partial charge in [0, 0.05) is 0 Å². The zero-order valence-electron chi connectivity index (χ0n) is 18.4. The highest BCUT2D eigenvalue weighted by Crippen LogP contribution is 2.54. The molecule has 0 unspecified atom stereocenters. The first-order valence-electron chi connectivity index (χ1n) is 11.6. The van der Waals surface area contributed by atoms with Gasteiger partial charge < -0.3 is 4.74 Å². The molecule has 2 bridgehead atoms. The van der Waals surface area contributed by atoms with E-state index in [0.717, 1.165) is 17.5 Å². The van der Waals surface area contributed by atoms with Crippen LogP contribution < -0.4 is 9.64 Å². The van der Waals surface area contributed by atoms with E-state index in [1.807, 2.05) is 60.7 Å².